The Labute approximate surface area is 98.0 Å². The van der Waals surface area contributed by atoms with Crippen LogP contribution in [0, 0.1) is 11.8 Å². The molecule has 1 aromatic heterocycles. The Balaban J connectivity index is 0.00000256. The zero-order valence-corrected chi connectivity index (χ0v) is 10.3. The van der Waals surface area contributed by atoms with E-state index in [2.05, 4.69) is 15.3 Å². The van der Waals surface area contributed by atoms with Crippen LogP contribution in [0.25, 0.3) is 0 Å². The van der Waals surface area contributed by atoms with Gasteiger partial charge >= 0.3 is 0 Å². The van der Waals surface area contributed by atoms with Gasteiger partial charge in [-0.05, 0) is 5.92 Å². The molecule has 0 unspecified atom stereocenters. The van der Waals surface area contributed by atoms with E-state index in [1.165, 1.54) is 6.33 Å². The third kappa shape index (κ3) is 3.29. The Hall–Kier alpha value is -1.45. The lowest BCUT2D eigenvalue weighted by molar-refractivity contribution is -0.123. The molecular weight excluding hydrogens is 202 g/mol. The molecule has 1 atom stereocenters. The van der Waals surface area contributed by atoms with Crippen LogP contribution in [0.2, 0.25) is 0 Å². The van der Waals surface area contributed by atoms with Gasteiger partial charge in [0.15, 0.2) is 5.78 Å². The standard InChI is InChI=1S/C12H19N3O.H2/c1-8(2)11(12(16)9(3)4)15-10-5-13-7-14-6-10;/h5-9,11,15H,1-4H3;1H/t11-;/m0./s1. The van der Waals surface area contributed by atoms with Gasteiger partial charge in [-0.15, -0.1) is 0 Å². The van der Waals surface area contributed by atoms with Crippen molar-refractivity contribution >= 4 is 11.5 Å². The summed E-state index contributed by atoms with van der Waals surface area (Å²) < 4.78 is 0. The van der Waals surface area contributed by atoms with Gasteiger partial charge in [0.05, 0.1) is 24.1 Å². The fourth-order valence-electron chi connectivity index (χ4n) is 1.48. The number of aromatic nitrogens is 2. The highest BCUT2D eigenvalue weighted by molar-refractivity contribution is 5.88. The van der Waals surface area contributed by atoms with Gasteiger partial charge in [-0.2, -0.15) is 0 Å². The lowest BCUT2D eigenvalue weighted by Gasteiger charge is -2.23. The van der Waals surface area contributed by atoms with Crippen LogP contribution >= 0.6 is 0 Å². The van der Waals surface area contributed by atoms with Gasteiger partial charge in [0.25, 0.3) is 0 Å². The third-order valence-corrected chi connectivity index (χ3v) is 2.42. The van der Waals surface area contributed by atoms with Gasteiger partial charge in [0.2, 0.25) is 0 Å². The van der Waals surface area contributed by atoms with E-state index in [0.29, 0.717) is 0 Å². The number of Topliss-reactive ketones (excluding diaryl/α,β-unsaturated/α-hetero) is 1. The highest BCUT2D eigenvalue weighted by Crippen LogP contribution is 2.14. The third-order valence-electron chi connectivity index (χ3n) is 2.42. The van der Waals surface area contributed by atoms with Crippen molar-refractivity contribution in [2.45, 2.75) is 33.7 Å². The highest BCUT2D eigenvalue weighted by atomic mass is 16.1. The van der Waals surface area contributed by atoms with Gasteiger partial charge < -0.3 is 5.32 Å². The van der Waals surface area contributed by atoms with Crippen LogP contribution in [-0.2, 0) is 4.79 Å². The number of hydrogen-bond donors (Lipinski definition) is 1. The largest absolute Gasteiger partial charge is 0.373 e. The van der Waals surface area contributed by atoms with E-state index < -0.39 is 0 Å². The molecular formula is C12H21N3O. The molecule has 0 saturated carbocycles. The SMILES string of the molecule is CC(C)C(=O)[C@@H](Nc1cncnc1)C(C)C.[HH]. The number of rotatable bonds is 5. The molecule has 16 heavy (non-hydrogen) atoms. The summed E-state index contributed by atoms with van der Waals surface area (Å²) in [7, 11) is 0. The lowest BCUT2D eigenvalue weighted by Crippen LogP contribution is -2.37. The van der Waals surface area contributed by atoms with Crippen LogP contribution < -0.4 is 5.32 Å². The van der Waals surface area contributed by atoms with Crippen molar-refractivity contribution in [1.29, 1.82) is 0 Å². The van der Waals surface area contributed by atoms with Gasteiger partial charge in [0, 0.05) is 7.34 Å². The van der Waals surface area contributed by atoms with Gasteiger partial charge in [0.1, 0.15) is 6.33 Å². The number of hydrogen-bond acceptors (Lipinski definition) is 4. The first-order valence-corrected chi connectivity index (χ1v) is 5.57. The van der Waals surface area contributed by atoms with Crippen molar-refractivity contribution in [2.75, 3.05) is 5.32 Å². The molecule has 1 heterocycles. The highest BCUT2D eigenvalue weighted by Gasteiger charge is 2.24. The van der Waals surface area contributed by atoms with Crippen molar-refractivity contribution in [3.05, 3.63) is 18.7 Å². The number of carbonyl (C=O) groups is 1. The number of ketones is 1. The second-order valence-corrected chi connectivity index (χ2v) is 4.55. The normalized spacial score (nSPS) is 12.9. The molecule has 0 aliphatic carbocycles. The van der Waals surface area contributed by atoms with E-state index in [4.69, 9.17) is 0 Å². The summed E-state index contributed by atoms with van der Waals surface area (Å²) in [4.78, 5) is 19.8. The maximum Gasteiger partial charge on any atom is 0.157 e. The van der Waals surface area contributed by atoms with Crippen molar-refractivity contribution in [3.63, 3.8) is 0 Å². The molecule has 4 heteroatoms. The van der Waals surface area contributed by atoms with E-state index in [9.17, 15) is 4.79 Å². The summed E-state index contributed by atoms with van der Waals surface area (Å²) >= 11 is 0. The summed E-state index contributed by atoms with van der Waals surface area (Å²) in [6.45, 7) is 7.89. The lowest BCUT2D eigenvalue weighted by atomic mass is 9.93. The minimum absolute atomic E-state index is 0. The van der Waals surface area contributed by atoms with Crippen LogP contribution in [0.3, 0.4) is 0 Å². The molecule has 0 saturated heterocycles. The van der Waals surface area contributed by atoms with E-state index >= 15 is 0 Å². The van der Waals surface area contributed by atoms with Crippen molar-refractivity contribution in [1.82, 2.24) is 9.97 Å². The van der Waals surface area contributed by atoms with Crippen LogP contribution in [0.4, 0.5) is 5.69 Å². The number of anilines is 1. The van der Waals surface area contributed by atoms with Gasteiger partial charge in [-0.3, -0.25) is 4.79 Å². The van der Waals surface area contributed by atoms with Crippen LogP contribution in [0.15, 0.2) is 18.7 Å². The molecule has 0 bridgehead atoms. The first-order valence-electron chi connectivity index (χ1n) is 5.57. The summed E-state index contributed by atoms with van der Waals surface area (Å²) in [5.74, 6) is 0.499. The predicted molar refractivity (Wildman–Crippen MR) is 66.2 cm³/mol. The second kappa shape index (κ2) is 5.58. The Morgan fingerprint density at radius 3 is 2.25 bits per heavy atom. The zero-order chi connectivity index (χ0) is 12.1. The number of carbonyl (C=O) groups excluding carboxylic acids is 1. The van der Waals surface area contributed by atoms with E-state index in [1.54, 1.807) is 12.4 Å². The first-order chi connectivity index (χ1) is 7.52. The summed E-state index contributed by atoms with van der Waals surface area (Å²) in [6, 6.07) is -0.175. The van der Waals surface area contributed by atoms with Gasteiger partial charge in [-0.1, -0.05) is 27.7 Å². The maximum absolute atomic E-state index is 12.0. The van der Waals surface area contributed by atoms with Crippen LogP contribution in [-0.4, -0.2) is 21.8 Å². The topological polar surface area (TPSA) is 54.9 Å². The first kappa shape index (κ1) is 12.6. The number of nitrogens with zero attached hydrogens (tertiary/aromatic N) is 2. The monoisotopic (exact) mass is 223 g/mol. The fraction of sp³-hybridized carbons (Fsp3) is 0.583. The molecule has 0 radical (unpaired) electrons. The van der Waals surface area contributed by atoms with Crippen LogP contribution in [0.5, 0.6) is 0 Å². The second-order valence-electron chi connectivity index (χ2n) is 4.55. The molecule has 0 aromatic carbocycles. The van der Waals surface area contributed by atoms with Crippen molar-refractivity contribution < 1.29 is 6.22 Å². The van der Waals surface area contributed by atoms with E-state index in [1.807, 2.05) is 27.7 Å². The molecule has 1 aromatic rings. The molecule has 0 spiro atoms. The molecule has 0 fully saturated rings. The van der Waals surface area contributed by atoms with Crippen molar-refractivity contribution in [3.8, 4) is 0 Å². The molecule has 1 rings (SSSR count). The molecule has 0 aliphatic heterocycles. The minimum Gasteiger partial charge on any atom is -0.373 e. The fourth-order valence-corrected chi connectivity index (χ4v) is 1.48. The van der Waals surface area contributed by atoms with E-state index in [-0.39, 0.29) is 25.1 Å². The summed E-state index contributed by atoms with van der Waals surface area (Å²) in [6.07, 6.45) is 4.83. The molecule has 4 nitrogen and oxygen atoms in total. The van der Waals surface area contributed by atoms with Crippen LogP contribution in [0.1, 0.15) is 29.1 Å². The Bertz CT molecular complexity index is 341. The minimum atomic E-state index is -0.175. The molecule has 0 aliphatic rings. The van der Waals surface area contributed by atoms with E-state index in [0.717, 1.165) is 5.69 Å². The molecule has 1 N–H and O–H groups in total. The summed E-state index contributed by atoms with van der Waals surface area (Å²) in [5, 5.41) is 3.18. The average molecular weight is 223 g/mol. The molecule has 0 amide bonds. The van der Waals surface area contributed by atoms with Gasteiger partial charge in [-0.25, -0.2) is 9.97 Å². The smallest absolute Gasteiger partial charge is 0.157 e. The average Bonchev–Trinajstić information content (AvgIpc) is 2.26. The molecule has 90 valence electrons. The Morgan fingerprint density at radius 1 is 1.25 bits per heavy atom. The Kier molecular flexibility index (Phi) is 4.40. The summed E-state index contributed by atoms with van der Waals surface area (Å²) in [5.41, 5.74) is 0.787. The van der Waals surface area contributed by atoms with Crippen molar-refractivity contribution in [2.24, 2.45) is 11.8 Å². The maximum atomic E-state index is 12.0. The zero-order valence-electron chi connectivity index (χ0n) is 10.3. The number of nitrogens with one attached hydrogen (secondary N) is 1. The predicted octanol–water partition coefficient (Wildman–Crippen LogP) is 2.38. The Morgan fingerprint density at radius 2 is 1.81 bits per heavy atom. The quantitative estimate of drug-likeness (QED) is 0.832.